The lowest BCUT2D eigenvalue weighted by Crippen LogP contribution is -2.47. The number of rotatable bonds is 9. The van der Waals surface area contributed by atoms with E-state index >= 15 is 0 Å². The van der Waals surface area contributed by atoms with Crippen molar-refractivity contribution in [3.8, 4) is 0 Å². The molecule has 6 heteroatoms. The van der Waals surface area contributed by atoms with Gasteiger partial charge in [0.1, 0.15) is 6.10 Å². The van der Waals surface area contributed by atoms with Gasteiger partial charge in [-0.05, 0) is 12.0 Å². The van der Waals surface area contributed by atoms with Gasteiger partial charge in [-0.3, -0.25) is 9.59 Å². The number of hydrogen-bond donors (Lipinski definition) is 4. The molecule has 2 amide bonds. The Balaban J connectivity index is 2.19. The predicted molar refractivity (Wildman–Crippen MR) is 87.7 cm³/mol. The number of aliphatic hydroxyl groups excluding tert-OH is 2. The highest BCUT2D eigenvalue weighted by Crippen LogP contribution is 2.19. The van der Waals surface area contributed by atoms with Crippen LogP contribution >= 0.6 is 0 Å². The summed E-state index contributed by atoms with van der Waals surface area (Å²) in [5.74, 6) is -0.637. The van der Waals surface area contributed by atoms with Crippen molar-refractivity contribution in [1.82, 2.24) is 10.6 Å². The number of amides is 2. The zero-order valence-electron chi connectivity index (χ0n) is 13.7. The van der Waals surface area contributed by atoms with E-state index in [4.69, 9.17) is 5.11 Å². The molecule has 0 aliphatic rings. The van der Waals surface area contributed by atoms with Crippen LogP contribution in [0.25, 0.3) is 0 Å². The minimum atomic E-state index is -1.29. The molecule has 23 heavy (non-hydrogen) atoms. The first-order valence-electron chi connectivity index (χ1n) is 7.74. The summed E-state index contributed by atoms with van der Waals surface area (Å²) >= 11 is 0. The van der Waals surface area contributed by atoms with Crippen LogP contribution in [0.15, 0.2) is 30.3 Å². The first-order chi connectivity index (χ1) is 10.9. The molecule has 1 aromatic rings. The average Bonchev–Trinajstić information content (AvgIpc) is 2.56. The van der Waals surface area contributed by atoms with E-state index in [9.17, 15) is 14.7 Å². The predicted octanol–water partition coefficient (Wildman–Crippen LogP) is 0.231. The Morgan fingerprint density at radius 3 is 2.35 bits per heavy atom. The van der Waals surface area contributed by atoms with Crippen LogP contribution in [0.5, 0.6) is 0 Å². The van der Waals surface area contributed by atoms with Gasteiger partial charge < -0.3 is 20.8 Å². The highest BCUT2D eigenvalue weighted by Gasteiger charge is 2.32. The van der Waals surface area contributed by atoms with Crippen LogP contribution in [0.4, 0.5) is 0 Å². The molecule has 0 saturated carbocycles. The molecule has 0 aliphatic heterocycles. The number of hydrogen-bond acceptors (Lipinski definition) is 4. The van der Waals surface area contributed by atoms with Crippen molar-refractivity contribution in [3.05, 3.63) is 35.9 Å². The van der Waals surface area contributed by atoms with Gasteiger partial charge in [-0.1, -0.05) is 44.2 Å². The molecule has 0 radical (unpaired) electrons. The third kappa shape index (κ3) is 6.80. The zero-order valence-corrected chi connectivity index (χ0v) is 13.7. The van der Waals surface area contributed by atoms with E-state index < -0.39 is 17.4 Å². The zero-order chi connectivity index (χ0) is 17.3. The quantitative estimate of drug-likeness (QED) is 0.489. The lowest BCUT2D eigenvalue weighted by molar-refractivity contribution is -0.137. The van der Waals surface area contributed by atoms with Gasteiger partial charge in [0, 0.05) is 24.9 Å². The minimum absolute atomic E-state index is 0.0839. The molecule has 0 saturated heterocycles. The molecule has 1 rings (SSSR count). The third-order valence-electron chi connectivity index (χ3n) is 3.63. The Kier molecular flexibility index (Phi) is 7.71. The van der Waals surface area contributed by atoms with Crippen LogP contribution in [0, 0.1) is 5.41 Å². The maximum absolute atomic E-state index is 11.7. The van der Waals surface area contributed by atoms with Gasteiger partial charge in [0.05, 0.1) is 6.61 Å². The molecule has 0 heterocycles. The molecule has 0 fully saturated rings. The fourth-order valence-corrected chi connectivity index (χ4v) is 1.92. The molecular formula is C17H26N2O4. The van der Waals surface area contributed by atoms with E-state index in [0.29, 0.717) is 19.4 Å². The smallest absolute Gasteiger partial charge is 0.249 e. The van der Waals surface area contributed by atoms with Crippen molar-refractivity contribution < 1.29 is 19.8 Å². The second-order valence-electron chi connectivity index (χ2n) is 6.18. The summed E-state index contributed by atoms with van der Waals surface area (Å²) < 4.78 is 0. The van der Waals surface area contributed by atoms with E-state index in [2.05, 4.69) is 10.6 Å². The highest BCUT2D eigenvalue weighted by atomic mass is 16.3. The SMILES string of the molecule is CC(C)(CO)[C@@H](O)C(=O)NCCNC(=O)CCc1ccccc1. The standard InChI is InChI=1S/C17H26N2O4/c1-17(2,12-20)15(22)16(23)19-11-10-18-14(21)9-8-13-6-4-3-5-7-13/h3-7,15,20,22H,8-12H2,1-2H3,(H,18,21)(H,19,23)/t15-/m0/s1. The second kappa shape index (κ2) is 9.27. The van der Waals surface area contributed by atoms with Crippen LogP contribution in [0.3, 0.4) is 0 Å². The number of aliphatic hydroxyl groups is 2. The molecular weight excluding hydrogens is 296 g/mol. The Bertz CT molecular complexity index is 503. The van der Waals surface area contributed by atoms with E-state index in [1.807, 2.05) is 30.3 Å². The first-order valence-corrected chi connectivity index (χ1v) is 7.74. The van der Waals surface area contributed by atoms with E-state index in [1.54, 1.807) is 13.8 Å². The van der Waals surface area contributed by atoms with Crippen LogP contribution < -0.4 is 10.6 Å². The third-order valence-corrected chi connectivity index (χ3v) is 3.63. The average molecular weight is 322 g/mol. The van der Waals surface area contributed by atoms with Gasteiger partial charge in [-0.2, -0.15) is 0 Å². The summed E-state index contributed by atoms with van der Waals surface area (Å²) in [6.07, 6.45) is -0.234. The van der Waals surface area contributed by atoms with Crippen LogP contribution in [-0.2, 0) is 16.0 Å². The molecule has 0 spiro atoms. The Morgan fingerprint density at radius 1 is 1.13 bits per heavy atom. The van der Waals surface area contributed by atoms with Gasteiger partial charge in [-0.15, -0.1) is 0 Å². The number of benzene rings is 1. The molecule has 0 aromatic heterocycles. The molecule has 0 bridgehead atoms. The molecule has 128 valence electrons. The number of carbonyl (C=O) groups is 2. The maximum atomic E-state index is 11.7. The van der Waals surface area contributed by atoms with Gasteiger partial charge >= 0.3 is 0 Å². The molecule has 0 aliphatic carbocycles. The molecule has 0 unspecified atom stereocenters. The van der Waals surface area contributed by atoms with Gasteiger partial charge in [0.2, 0.25) is 11.8 Å². The Hall–Kier alpha value is -1.92. The summed E-state index contributed by atoms with van der Waals surface area (Å²) in [5, 5.41) is 24.2. The number of carbonyl (C=O) groups excluding carboxylic acids is 2. The normalized spacial score (nSPS) is 12.5. The first kappa shape index (κ1) is 19.1. The largest absolute Gasteiger partial charge is 0.396 e. The van der Waals surface area contributed by atoms with Crippen LogP contribution in [-0.4, -0.2) is 47.8 Å². The summed E-state index contributed by atoms with van der Waals surface area (Å²) in [7, 11) is 0. The number of nitrogens with one attached hydrogen (secondary N) is 2. The van der Waals surface area contributed by atoms with Gasteiger partial charge in [0.25, 0.3) is 0 Å². The molecule has 6 nitrogen and oxygen atoms in total. The number of aryl methyl sites for hydroxylation is 1. The van der Waals surface area contributed by atoms with Crippen molar-refractivity contribution in [2.45, 2.75) is 32.8 Å². The highest BCUT2D eigenvalue weighted by molar-refractivity contribution is 5.81. The lowest BCUT2D eigenvalue weighted by atomic mass is 9.87. The van der Waals surface area contributed by atoms with Crippen molar-refractivity contribution in [2.75, 3.05) is 19.7 Å². The minimum Gasteiger partial charge on any atom is -0.396 e. The van der Waals surface area contributed by atoms with Gasteiger partial charge in [0.15, 0.2) is 0 Å². The van der Waals surface area contributed by atoms with Crippen molar-refractivity contribution in [2.24, 2.45) is 5.41 Å². The fraction of sp³-hybridized carbons (Fsp3) is 0.529. The second-order valence-corrected chi connectivity index (χ2v) is 6.18. The topological polar surface area (TPSA) is 98.7 Å². The molecule has 4 N–H and O–H groups in total. The van der Waals surface area contributed by atoms with Gasteiger partial charge in [-0.25, -0.2) is 0 Å². The van der Waals surface area contributed by atoms with E-state index in [1.165, 1.54) is 0 Å². The summed E-state index contributed by atoms with van der Waals surface area (Å²) in [4.78, 5) is 23.4. The monoisotopic (exact) mass is 322 g/mol. The summed E-state index contributed by atoms with van der Waals surface area (Å²) in [5.41, 5.74) is 0.202. The van der Waals surface area contributed by atoms with E-state index in [-0.39, 0.29) is 19.1 Å². The van der Waals surface area contributed by atoms with Crippen molar-refractivity contribution in [1.29, 1.82) is 0 Å². The maximum Gasteiger partial charge on any atom is 0.249 e. The summed E-state index contributed by atoms with van der Waals surface area (Å²) in [6.45, 7) is 3.43. The Labute approximate surface area is 136 Å². The van der Waals surface area contributed by atoms with Crippen molar-refractivity contribution >= 4 is 11.8 Å². The van der Waals surface area contributed by atoms with E-state index in [0.717, 1.165) is 5.56 Å². The van der Waals surface area contributed by atoms with Crippen molar-refractivity contribution in [3.63, 3.8) is 0 Å². The Morgan fingerprint density at radius 2 is 1.74 bits per heavy atom. The lowest BCUT2D eigenvalue weighted by Gasteiger charge is -2.27. The van der Waals surface area contributed by atoms with Crippen LogP contribution in [0.1, 0.15) is 25.8 Å². The summed E-state index contributed by atoms with van der Waals surface area (Å²) in [6, 6.07) is 9.73. The fourth-order valence-electron chi connectivity index (χ4n) is 1.92. The van der Waals surface area contributed by atoms with Crippen LogP contribution in [0.2, 0.25) is 0 Å². The molecule has 1 atom stereocenters. The molecule has 1 aromatic carbocycles.